The molecule has 8 heteroatoms. The Hall–Kier alpha value is -2.87. The fourth-order valence-corrected chi connectivity index (χ4v) is 4.96. The predicted molar refractivity (Wildman–Crippen MR) is 137 cm³/mol. The van der Waals surface area contributed by atoms with Crippen molar-refractivity contribution in [1.82, 2.24) is 10.2 Å². The Morgan fingerprint density at radius 3 is 2.18 bits per heavy atom. The summed E-state index contributed by atoms with van der Waals surface area (Å²) in [6.45, 7) is 8.16. The summed E-state index contributed by atoms with van der Waals surface area (Å²) >= 11 is 0. The molecule has 0 saturated heterocycles. The van der Waals surface area contributed by atoms with E-state index < -0.39 is 16.1 Å². The highest BCUT2D eigenvalue weighted by atomic mass is 32.2. The normalized spacial score (nSPS) is 12.2. The van der Waals surface area contributed by atoms with Gasteiger partial charge in [0, 0.05) is 26.6 Å². The fourth-order valence-electron chi connectivity index (χ4n) is 3.95. The predicted octanol–water partition coefficient (Wildman–Crippen LogP) is 3.71. The third-order valence-electron chi connectivity index (χ3n) is 5.89. The van der Waals surface area contributed by atoms with E-state index in [1.54, 1.807) is 11.9 Å². The molecular weight excluding hydrogens is 450 g/mol. The first-order valence-electron chi connectivity index (χ1n) is 11.6. The molecule has 0 fully saturated rings. The first kappa shape index (κ1) is 27.4. The molecule has 0 aliphatic heterocycles. The van der Waals surface area contributed by atoms with Crippen LogP contribution in [-0.4, -0.2) is 51.0 Å². The lowest BCUT2D eigenvalue weighted by Gasteiger charge is -2.31. The van der Waals surface area contributed by atoms with E-state index in [0.29, 0.717) is 25.1 Å². The van der Waals surface area contributed by atoms with Crippen molar-refractivity contribution >= 4 is 27.5 Å². The minimum absolute atomic E-state index is 0.135. The Kier molecular flexibility index (Phi) is 9.67. The van der Waals surface area contributed by atoms with Gasteiger partial charge >= 0.3 is 0 Å². The lowest BCUT2D eigenvalue weighted by molar-refractivity contribution is -0.141. The highest BCUT2D eigenvalue weighted by Crippen LogP contribution is 2.25. The van der Waals surface area contributed by atoms with Gasteiger partial charge in [-0.1, -0.05) is 48.9 Å². The van der Waals surface area contributed by atoms with Crippen LogP contribution in [0.5, 0.6) is 0 Å². The van der Waals surface area contributed by atoms with Crippen LogP contribution in [0.2, 0.25) is 0 Å². The van der Waals surface area contributed by atoms with Gasteiger partial charge < -0.3 is 10.2 Å². The quantitative estimate of drug-likeness (QED) is 0.523. The standard InChI is InChI=1S/C26H37N3O4S/c1-7-23(26(31)27-5)28(18-22-14-11-19(2)12-15-22)25(30)9-8-16-29(34(6,32)33)24-17-20(3)10-13-21(24)4/h10-15,17,23H,7-9,16,18H2,1-6H3,(H,27,31). The van der Waals surface area contributed by atoms with Gasteiger partial charge in [-0.2, -0.15) is 0 Å². The average Bonchev–Trinajstić information content (AvgIpc) is 2.78. The molecule has 1 unspecified atom stereocenters. The second-order valence-corrected chi connectivity index (χ2v) is 10.7. The molecule has 0 bridgehead atoms. The first-order chi connectivity index (χ1) is 16.0. The van der Waals surface area contributed by atoms with Gasteiger partial charge in [-0.15, -0.1) is 0 Å². The molecule has 0 heterocycles. The number of nitrogens with one attached hydrogen (secondary N) is 1. The van der Waals surface area contributed by atoms with Crippen LogP contribution in [0.1, 0.15) is 48.4 Å². The van der Waals surface area contributed by atoms with Crippen molar-refractivity contribution in [3.63, 3.8) is 0 Å². The number of hydrogen-bond acceptors (Lipinski definition) is 4. The Morgan fingerprint density at radius 2 is 1.62 bits per heavy atom. The third-order valence-corrected chi connectivity index (χ3v) is 7.07. The summed E-state index contributed by atoms with van der Waals surface area (Å²) < 4.78 is 26.4. The van der Waals surface area contributed by atoms with E-state index in [0.717, 1.165) is 22.3 Å². The lowest BCUT2D eigenvalue weighted by atomic mass is 10.1. The minimum Gasteiger partial charge on any atom is -0.357 e. The lowest BCUT2D eigenvalue weighted by Crippen LogP contribution is -2.48. The van der Waals surface area contributed by atoms with E-state index in [4.69, 9.17) is 0 Å². The van der Waals surface area contributed by atoms with Crippen LogP contribution in [0.4, 0.5) is 5.69 Å². The maximum atomic E-state index is 13.3. The van der Waals surface area contributed by atoms with Crippen molar-refractivity contribution in [2.45, 2.75) is 59.5 Å². The van der Waals surface area contributed by atoms with Gasteiger partial charge in [-0.05, 0) is 56.4 Å². The number of hydrogen-bond donors (Lipinski definition) is 1. The van der Waals surface area contributed by atoms with Gasteiger partial charge in [-0.25, -0.2) is 8.42 Å². The number of rotatable bonds is 11. The number of aryl methyl sites for hydroxylation is 3. The first-order valence-corrected chi connectivity index (χ1v) is 13.4. The van der Waals surface area contributed by atoms with Crippen LogP contribution in [0.15, 0.2) is 42.5 Å². The van der Waals surface area contributed by atoms with Gasteiger partial charge in [-0.3, -0.25) is 13.9 Å². The fraction of sp³-hybridized carbons (Fsp3) is 0.462. The smallest absolute Gasteiger partial charge is 0.242 e. The molecule has 2 rings (SSSR count). The number of carbonyl (C=O) groups is 2. The molecule has 2 aromatic carbocycles. The number of benzene rings is 2. The number of likely N-dealkylation sites (N-methyl/N-ethyl adjacent to an activating group) is 1. The summed E-state index contributed by atoms with van der Waals surface area (Å²) in [4.78, 5) is 27.4. The molecule has 0 aromatic heterocycles. The molecule has 7 nitrogen and oxygen atoms in total. The molecule has 0 aliphatic rings. The second-order valence-electron chi connectivity index (χ2n) is 8.77. The van der Waals surface area contributed by atoms with E-state index >= 15 is 0 Å². The summed E-state index contributed by atoms with van der Waals surface area (Å²) in [5.41, 5.74) is 4.50. The summed E-state index contributed by atoms with van der Waals surface area (Å²) in [7, 11) is -1.96. The number of carbonyl (C=O) groups excluding carboxylic acids is 2. The minimum atomic E-state index is -3.52. The van der Waals surface area contributed by atoms with E-state index in [2.05, 4.69) is 5.32 Å². The van der Waals surface area contributed by atoms with Crippen LogP contribution >= 0.6 is 0 Å². The van der Waals surface area contributed by atoms with Crippen molar-refractivity contribution in [3.8, 4) is 0 Å². The average molecular weight is 488 g/mol. The molecule has 34 heavy (non-hydrogen) atoms. The van der Waals surface area contributed by atoms with Crippen molar-refractivity contribution in [1.29, 1.82) is 0 Å². The Labute approximate surface area is 204 Å². The highest BCUT2D eigenvalue weighted by molar-refractivity contribution is 7.92. The summed E-state index contributed by atoms with van der Waals surface area (Å²) in [5.74, 6) is -0.387. The molecule has 1 N–H and O–H groups in total. The topological polar surface area (TPSA) is 86.8 Å². The van der Waals surface area contributed by atoms with Crippen LogP contribution in [0.25, 0.3) is 0 Å². The molecule has 2 aromatic rings. The number of sulfonamides is 1. The van der Waals surface area contributed by atoms with E-state index in [1.165, 1.54) is 10.6 Å². The van der Waals surface area contributed by atoms with Gasteiger partial charge in [0.05, 0.1) is 11.9 Å². The zero-order valence-electron chi connectivity index (χ0n) is 21.1. The van der Waals surface area contributed by atoms with Crippen molar-refractivity contribution in [2.24, 2.45) is 0 Å². The van der Waals surface area contributed by atoms with Crippen molar-refractivity contribution in [3.05, 3.63) is 64.7 Å². The Bertz CT molecular complexity index is 1100. The molecule has 1 atom stereocenters. The monoisotopic (exact) mass is 487 g/mol. The molecular formula is C26H37N3O4S. The maximum Gasteiger partial charge on any atom is 0.242 e. The Balaban J connectivity index is 2.21. The zero-order chi connectivity index (χ0) is 25.5. The van der Waals surface area contributed by atoms with Crippen LogP contribution < -0.4 is 9.62 Å². The number of amides is 2. The Morgan fingerprint density at radius 1 is 1.00 bits per heavy atom. The van der Waals surface area contributed by atoms with Gasteiger partial charge in [0.2, 0.25) is 21.8 Å². The molecule has 0 radical (unpaired) electrons. The molecule has 186 valence electrons. The van der Waals surface area contributed by atoms with Crippen molar-refractivity contribution in [2.75, 3.05) is 24.2 Å². The van der Waals surface area contributed by atoms with Crippen LogP contribution in [-0.2, 0) is 26.2 Å². The maximum absolute atomic E-state index is 13.3. The number of nitrogens with zero attached hydrogens (tertiary/aromatic N) is 2. The molecule has 0 spiro atoms. The van der Waals surface area contributed by atoms with Gasteiger partial charge in [0.25, 0.3) is 0 Å². The van der Waals surface area contributed by atoms with E-state index in [9.17, 15) is 18.0 Å². The number of anilines is 1. The largest absolute Gasteiger partial charge is 0.357 e. The SMILES string of the molecule is CCC(C(=O)NC)N(Cc1ccc(C)cc1)C(=O)CCCN(c1cc(C)ccc1C)S(C)(=O)=O. The van der Waals surface area contributed by atoms with E-state index in [-0.39, 0.29) is 24.8 Å². The second kappa shape index (κ2) is 12.0. The zero-order valence-corrected chi connectivity index (χ0v) is 21.9. The molecule has 2 amide bonds. The van der Waals surface area contributed by atoms with E-state index in [1.807, 2.05) is 70.2 Å². The molecule has 0 saturated carbocycles. The molecule has 0 aliphatic carbocycles. The van der Waals surface area contributed by atoms with Crippen LogP contribution in [0.3, 0.4) is 0 Å². The summed E-state index contributed by atoms with van der Waals surface area (Å²) in [5, 5.41) is 2.65. The third kappa shape index (κ3) is 7.32. The van der Waals surface area contributed by atoms with Gasteiger partial charge in [0.15, 0.2) is 0 Å². The summed E-state index contributed by atoms with van der Waals surface area (Å²) in [6, 6.07) is 13.0. The van der Waals surface area contributed by atoms with Crippen LogP contribution in [0, 0.1) is 20.8 Å². The highest BCUT2D eigenvalue weighted by Gasteiger charge is 2.28. The summed E-state index contributed by atoms with van der Waals surface area (Å²) in [6.07, 6.45) is 2.14. The van der Waals surface area contributed by atoms with Crippen molar-refractivity contribution < 1.29 is 18.0 Å². The van der Waals surface area contributed by atoms with Gasteiger partial charge in [0.1, 0.15) is 6.04 Å².